The molecular formula is C11H15N3O4S. The fraction of sp³-hybridized carbons (Fsp3) is 0.455. The maximum atomic E-state index is 11.0. The van der Waals surface area contributed by atoms with Crippen LogP contribution in [0.4, 0.5) is 11.5 Å². The number of pyridine rings is 1. The molecule has 0 aliphatic heterocycles. The summed E-state index contributed by atoms with van der Waals surface area (Å²) >= 11 is 1.71. The summed E-state index contributed by atoms with van der Waals surface area (Å²) in [4.78, 5) is 24.8. The van der Waals surface area contributed by atoms with Crippen molar-refractivity contribution < 1.29 is 14.8 Å². The van der Waals surface area contributed by atoms with Crippen molar-refractivity contribution >= 4 is 29.2 Å². The minimum absolute atomic E-state index is 0.159. The van der Waals surface area contributed by atoms with E-state index in [1.54, 1.807) is 11.8 Å². The standard InChI is InChI=1S/C11H15N3O4S/c1-7(19-2)3-4-12-10-9(11(15)16)5-8(6-13-10)14(17)18/h5-7H,3-4H2,1-2H3,(H,12,13)(H,15,16). The Balaban J connectivity index is 2.82. The van der Waals surface area contributed by atoms with Crippen LogP contribution in [0.25, 0.3) is 0 Å². The zero-order chi connectivity index (χ0) is 14.4. The lowest BCUT2D eigenvalue weighted by molar-refractivity contribution is -0.385. The number of rotatable bonds is 7. The van der Waals surface area contributed by atoms with Crippen LogP contribution >= 0.6 is 11.8 Å². The van der Waals surface area contributed by atoms with Gasteiger partial charge < -0.3 is 10.4 Å². The van der Waals surface area contributed by atoms with Crippen molar-refractivity contribution in [3.63, 3.8) is 0 Å². The Hall–Kier alpha value is -1.83. The van der Waals surface area contributed by atoms with Crippen LogP contribution in [0.2, 0.25) is 0 Å². The molecule has 0 saturated carbocycles. The first kappa shape index (κ1) is 15.2. The highest BCUT2D eigenvalue weighted by Gasteiger charge is 2.17. The first-order valence-corrected chi connectivity index (χ1v) is 6.89. The molecule has 1 rings (SSSR count). The van der Waals surface area contributed by atoms with Gasteiger partial charge in [0.25, 0.3) is 5.69 Å². The molecule has 1 atom stereocenters. The van der Waals surface area contributed by atoms with Gasteiger partial charge in [-0.1, -0.05) is 6.92 Å². The van der Waals surface area contributed by atoms with Crippen LogP contribution in [-0.4, -0.2) is 39.0 Å². The average molecular weight is 285 g/mol. The van der Waals surface area contributed by atoms with Gasteiger partial charge in [-0.25, -0.2) is 9.78 Å². The van der Waals surface area contributed by atoms with Crippen LogP contribution in [0.3, 0.4) is 0 Å². The summed E-state index contributed by atoms with van der Waals surface area (Å²) in [5.74, 6) is -1.08. The Morgan fingerprint density at radius 2 is 2.37 bits per heavy atom. The zero-order valence-electron chi connectivity index (χ0n) is 10.6. The van der Waals surface area contributed by atoms with Crippen LogP contribution in [0.1, 0.15) is 23.7 Å². The quantitative estimate of drug-likeness (QED) is 0.584. The summed E-state index contributed by atoms with van der Waals surface area (Å²) in [6.45, 7) is 2.63. The van der Waals surface area contributed by atoms with Gasteiger partial charge in [-0.2, -0.15) is 11.8 Å². The highest BCUT2D eigenvalue weighted by Crippen LogP contribution is 2.19. The van der Waals surface area contributed by atoms with Crippen LogP contribution in [0, 0.1) is 10.1 Å². The van der Waals surface area contributed by atoms with Crippen molar-refractivity contribution in [2.45, 2.75) is 18.6 Å². The van der Waals surface area contributed by atoms with Gasteiger partial charge in [-0.3, -0.25) is 10.1 Å². The number of carbonyl (C=O) groups is 1. The number of hydrogen-bond acceptors (Lipinski definition) is 6. The predicted molar refractivity (Wildman–Crippen MR) is 73.9 cm³/mol. The van der Waals surface area contributed by atoms with Gasteiger partial charge in [-0.05, 0) is 12.7 Å². The van der Waals surface area contributed by atoms with Gasteiger partial charge in [0.15, 0.2) is 0 Å². The smallest absolute Gasteiger partial charge is 0.339 e. The molecule has 0 aliphatic rings. The second-order valence-corrected chi connectivity index (χ2v) is 5.19. The Morgan fingerprint density at radius 3 is 2.89 bits per heavy atom. The SMILES string of the molecule is CSC(C)CCNc1ncc([N+](=O)[O-])cc1C(=O)O. The molecule has 0 amide bonds. The van der Waals surface area contributed by atoms with E-state index in [9.17, 15) is 14.9 Å². The Bertz CT molecular complexity index is 481. The molecule has 19 heavy (non-hydrogen) atoms. The third-order valence-electron chi connectivity index (χ3n) is 2.56. The molecule has 1 aromatic rings. The van der Waals surface area contributed by atoms with Crippen molar-refractivity contribution in [2.75, 3.05) is 18.1 Å². The zero-order valence-corrected chi connectivity index (χ0v) is 11.4. The van der Waals surface area contributed by atoms with E-state index in [4.69, 9.17) is 5.11 Å². The number of nitrogens with zero attached hydrogens (tertiary/aromatic N) is 2. The number of nitro groups is 1. The van der Waals surface area contributed by atoms with E-state index < -0.39 is 10.9 Å². The first-order chi connectivity index (χ1) is 8.95. The lowest BCUT2D eigenvalue weighted by Crippen LogP contribution is -2.12. The molecule has 0 spiro atoms. The molecule has 0 bridgehead atoms. The van der Waals surface area contributed by atoms with E-state index in [1.807, 2.05) is 6.26 Å². The van der Waals surface area contributed by atoms with E-state index in [2.05, 4.69) is 17.2 Å². The number of nitrogens with one attached hydrogen (secondary N) is 1. The van der Waals surface area contributed by atoms with Crippen molar-refractivity contribution in [3.8, 4) is 0 Å². The topological polar surface area (TPSA) is 105 Å². The average Bonchev–Trinajstić information content (AvgIpc) is 2.38. The summed E-state index contributed by atoms with van der Waals surface area (Å²) in [5.41, 5.74) is -0.522. The Kier molecular flexibility index (Phi) is 5.56. The predicted octanol–water partition coefficient (Wildman–Crippen LogP) is 2.24. The molecular weight excluding hydrogens is 270 g/mol. The van der Waals surface area contributed by atoms with Crippen molar-refractivity contribution in [1.82, 2.24) is 4.98 Å². The minimum atomic E-state index is -1.24. The van der Waals surface area contributed by atoms with E-state index in [-0.39, 0.29) is 17.1 Å². The third-order valence-corrected chi connectivity index (χ3v) is 3.60. The van der Waals surface area contributed by atoms with Gasteiger partial charge in [0.05, 0.1) is 4.92 Å². The molecule has 0 aliphatic carbocycles. The summed E-state index contributed by atoms with van der Waals surface area (Å²) in [6, 6.07) is 1.01. The van der Waals surface area contributed by atoms with Crippen LogP contribution in [0.15, 0.2) is 12.3 Å². The van der Waals surface area contributed by atoms with E-state index in [1.165, 1.54) is 0 Å². The Labute approximate surface area is 114 Å². The molecule has 0 fully saturated rings. The fourth-order valence-corrected chi connectivity index (χ4v) is 1.72. The number of carboxylic acids is 1. The number of hydrogen-bond donors (Lipinski definition) is 2. The summed E-state index contributed by atoms with van der Waals surface area (Å²) in [5, 5.41) is 22.9. The van der Waals surface area contributed by atoms with Crippen LogP contribution < -0.4 is 5.32 Å². The van der Waals surface area contributed by atoms with E-state index in [0.29, 0.717) is 11.8 Å². The monoisotopic (exact) mass is 285 g/mol. The molecule has 104 valence electrons. The molecule has 0 aromatic carbocycles. The second-order valence-electron chi connectivity index (χ2n) is 3.91. The molecule has 1 heterocycles. The summed E-state index contributed by atoms with van der Waals surface area (Å²) in [7, 11) is 0. The van der Waals surface area contributed by atoms with Gasteiger partial charge in [0.1, 0.15) is 17.6 Å². The number of anilines is 1. The molecule has 0 saturated heterocycles. The molecule has 1 unspecified atom stereocenters. The third kappa shape index (κ3) is 4.40. The Morgan fingerprint density at radius 1 is 1.68 bits per heavy atom. The van der Waals surface area contributed by atoms with Crippen molar-refractivity contribution in [1.29, 1.82) is 0 Å². The van der Waals surface area contributed by atoms with Crippen molar-refractivity contribution in [3.05, 3.63) is 27.9 Å². The normalized spacial score (nSPS) is 11.9. The molecule has 2 N–H and O–H groups in total. The lowest BCUT2D eigenvalue weighted by atomic mass is 10.2. The second kappa shape index (κ2) is 6.93. The number of aromatic nitrogens is 1. The summed E-state index contributed by atoms with van der Waals surface area (Å²) < 4.78 is 0. The minimum Gasteiger partial charge on any atom is -0.478 e. The number of thioether (sulfide) groups is 1. The summed E-state index contributed by atoms with van der Waals surface area (Å²) in [6.07, 6.45) is 3.89. The van der Waals surface area contributed by atoms with Crippen molar-refractivity contribution in [2.24, 2.45) is 0 Å². The van der Waals surface area contributed by atoms with E-state index >= 15 is 0 Å². The molecule has 1 aromatic heterocycles. The first-order valence-electron chi connectivity index (χ1n) is 5.60. The number of aromatic carboxylic acids is 1. The fourth-order valence-electron chi connectivity index (χ4n) is 1.37. The maximum Gasteiger partial charge on any atom is 0.339 e. The van der Waals surface area contributed by atoms with Gasteiger partial charge >= 0.3 is 5.97 Å². The van der Waals surface area contributed by atoms with Crippen LogP contribution in [-0.2, 0) is 0 Å². The van der Waals surface area contributed by atoms with Gasteiger partial charge in [0, 0.05) is 17.9 Å². The van der Waals surface area contributed by atoms with E-state index in [0.717, 1.165) is 18.7 Å². The number of carboxylic acid groups (broad SMARTS) is 1. The van der Waals surface area contributed by atoms with Crippen LogP contribution in [0.5, 0.6) is 0 Å². The molecule has 0 radical (unpaired) electrons. The molecule has 7 nitrogen and oxygen atoms in total. The largest absolute Gasteiger partial charge is 0.478 e. The van der Waals surface area contributed by atoms with Gasteiger partial charge in [-0.15, -0.1) is 0 Å². The highest BCUT2D eigenvalue weighted by molar-refractivity contribution is 7.99. The highest BCUT2D eigenvalue weighted by atomic mass is 32.2. The maximum absolute atomic E-state index is 11.0. The lowest BCUT2D eigenvalue weighted by Gasteiger charge is -2.11. The molecule has 8 heteroatoms. The van der Waals surface area contributed by atoms with Gasteiger partial charge in [0.2, 0.25) is 0 Å².